The molecule has 1 atom stereocenters. The summed E-state index contributed by atoms with van der Waals surface area (Å²) in [5.41, 5.74) is 0. The van der Waals surface area contributed by atoms with E-state index in [9.17, 15) is 4.79 Å². The van der Waals surface area contributed by atoms with Crippen LogP contribution >= 0.6 is 11.8 Å². The third-order valence-corrected chi connectivity index (χ3v) is 3.39. The van der Waals surface area contributed by atoms with Gasteiger partial charge in [0.15, 0.2) is 5.82 Å². The Balaban J connectivity index is 1.99. The van der Waals surface area contributed by atoms with Crippen LogP contribution in [0, 0.1) is 0 Å². The number of thioether (sulfide) groups is 1. The van der Waals surface area contributed by atoms with Crippen molar-refractivity contribution in [2.24, 2.45) is 0 Å². The zero-order chi connectivity index (χ0) is 13.0. The lowest BCUT2D eigenvalue weighted by molar-refractivity contribution is -0.136. The van der Waals surface area contributed by atoms with Gasteiger partial charge >= 0.3 is 0 Å². The van der Waals surface area contributed by atoms with Crippen LogP contribution in [0.1, 0.15) is 24.7 Å². The summed E-state index contributed by atoms with van der Waals surface area (Å²) in [7, 11) is 0. The summed E-state index contributed by atoms with van der Waals surface area (Å²) < 4.78 is 5.63. The zero-order valence-corrected chi connectivity index (χ0v) is 11.5. The summed E-state index contributed by atoms with van der Waals surface area (Å²) >= 11 is 1.54. The van der Waals surface area contributed by atoms with Crippen molar-refractivity contribution in [1.82, 2.24) is 20.1 Å². The Bertz CT molecular complexity index is 410. The minimum atomic E-state index is -0.207. The highest BCUT2D eigenvalue weighted by molar-refractivity contribution is 7.99. The van der Waals surface area contributed by atoms with Gasteiger partial charge in [-0.25, -0.2) is 4.98 Å². The molecule has 7 heteroatoms. The third-order valence-electron chi connectivity index (χ3n) is 2.86. The fraction of sp³-hybridized carbons (Fsp3) is 0.727. The Labute approximate surface area is 110 Å². The van der Waals surface area contributed by atoms with Gasteiger partial charge in [0.1, 0.15) is 11.9 Å². The Hall–Kier alpha value is -1.08. The predicted octanol–water partition coefficient (Wildman–Crippen LogP) is 0.630. The lowest BCUT2D eigenvalue weighted by atomic mass is 10.2. The molecule has 0 saturated carbocycles. The highest BCUT2D eigenvalue weighted by atomic mass is 32.2. The maximum Gasteiger partial charge on any atom is 0.232 e. The first-order chi connectivity index (χ1) is 8.74. The van der Waals surface area contributed by atoms with Gasteiger partial charge in [0.05, 0.1) is 18.9 Å². The number of ether oxygens (including phenoxy) is 1. The lowest BCUT2D eigenvalue weighted by Crippen LogP contribution is -2.43. The second kappa shape index (κ2) is 6.19. The standard InChI is InChI=1S/C11H18N4O2S/c1-3-9-12-11(14-13-9)8-6-15(4-5-17-8)10(16)7-18-2/h8H,3-7H2,1-2H3,(H,12,13,14)/t8-/m0/s1. The smallest absolute Gasteiger partial charge is 0.232 e. The van der Waals surface area contributed by atoms with Crippen molar-refractivity contribution >= 4 is 17.7 Å². The molecule has 2 rings (SSSR count). The monoisotopic (exact) mass is 270 g/mol. The first-order valence-corrected chi connectivity index (χ1v) is 7.43. The van der Waals surface area contributed by atoms with Crippen LogP contribution in [0.2, 0.25) is 0 Å². The van der Waals surface area contributed by atoms with Crippen LogP contribution in [-0.2, 0) is 16.0 Å². The topological polar surface area (TPSA) is 71.1 Å². The van der Waals surface area contributed by atoms with Gasteiger partial charge in [0.2, 0.25) is 5.91 Å². The van der Waals surface area contributed by atoms with E-state index in [1.807, 2.05) is 18.1 Å². The minimum Gasteiger partial charge on any atom is -0.366 e. The zero-order valence-electron chi connectivity index (χ0n) is 10.7. The number of hydrogen-bond donors (Lipinski definition) is 1. The van der Waals surface area contributed by atoms with E-state index in [0.717, 1.165) is 12.2 Å². The minimum absolute atomic E-state index is 0.155. The number of aromatic nitrogens is 3. The molecular formula is C11H18N4O2S. The van der Waals surface area contributed by atoms with Crippen LogP contribution in [-0.4, -0.2) is 57.7 Å². The van der Waals surface area contributed by atoms with E-state index in [1.165, 1.54) is 11.8 Å². The van der Waals surface area contributed by atoms with E-state index in [0.29, 0.717) is 31.3 Å². The van der Waals surface area contributed by atoms with E-state index in [-0.39, 0.29) is 12.0 Å². The largest absolute Gasteiger partial charge is 0.366 e. The number of morpholine rings is 1. The molecule has 6 nitrogen and oxygen atoms in total. The molecule has 1 amide bonds. The third kappa shape index (κ3) is 3.02. The summed E-state index contributed by atoms with van der Waals surface area (Å²) in [6, 6.07) is 0. The second-order valence-corrected chi connectivity index (χ2v) is 4.99. The highest BCUT2D eigenvalue weighted by Crippen LogP contribution is 2.19. The maximum absolute atomic E-state index is 11.8. The summed E-state index contributed by atoms with van der Waals surface area (Å²) in [6.07, 6.45) is 2.54. The molecule has 0 aromatic carbocycles. The number of carbonyl (C=O) groups excluding carboxylic acids is 1. The lowest BCUT2D eigenvalue weighted by Gasteiger charge is -2.31. The van der Waals surface area contributed by atoms with Gasteiger partial charge in [-0.05, 0) is 6.26 Å². The molecule has 0 spiro atoms. The van der Waals surface area contributed by atoms with Crippen LogP contribution in [0.3, 0.4) is 0 Å². The molecule has 1 fully saturated rings. The summed E-state index contributed by atoms with van der Waals surface area (Å²) in [5, 5.41) is 7.02. The van der Waals surface area contributed by atoms with Crippen molar-refractivity contribution in [2.75, 3.05) is 31.7 Å². The quantitative estimate of drug-likeness (QED) is 0.869. The predicted molar refractivity (Wildman–Crippen MR) is 69.4 cm³/mol. The number of aryl methyl sites for hydroxylation is 1. The van der Waals surface area contributed by atoms with Crippen molar-refractivity contribution < 1.29 is 9.53 Å². The Morgan fingerprint density at radius 2 is 2.50 bits per heavy atom. The van der Waals surface area contributed by atoms with Gasteiger partial charge in [0.25, 0.3) is 0 Å². The van der Waals surface area contributed by atoms with Gasteiger partial charge in [-0.2, -0.15) is 16.9 Å². The first-order valence-electron chi connectivity index (χ1n) is 6.04. The Kier molecular flexibility index (Phi) is 4.60. The van der Waals surface area contributed by atoms with Gasteiger partial charge in [0, 0.05) is 13.0 Å². The number of aromatic amines is 1. The maximum atomic E-state index is 11.8. The number of nitrogens with one attached hydrogen (secondary N) is 1. The Morgan fingerprint density at radius 1 is 1.67 bits per heavy atom. The average molecular weight is 270 g/mol. The van der Waals surface area contributed by atoms with E-state index in [4.69, 9.17) is 4.74 Å². The van der Waals surface area contributed by atoms with Crippen molar-refractivity contribution in [3.05, 3.63) is 11.6 Å². The Morgan fingerprint density at radius 3 is 3.17 bits per heavy atom. The SMILES string of the molecule is CCc1nc([C@@H]2CN(C(=O)CSC)CCO2)n[nH]1. The van der Waals surface area contributed by atoms with Crippen LogP contribution in [0.4, 0.5) is 0 Å². The molecule has 1 aromatic rings. The molecule has 1 aromatic heterocycles. The molecule has 1 saturated heterocycles. The molecule has 0 unspecified atom stereocenters. The normalized spacial score (nSPS) is 20.1. The number of amides is 1. The summed E-state index contributed by atoms with van der Waals surface area (Å²) in [6.45, 7) is 3.75. The molecular weight excluding hydrogens is 252 g/mol. The van der Waals surface area contributed by atoms with Gasteiger partial charge in [-0.1, -0.05) is 6.92 Å². The van der Waals surface area contributed by atoms with E-state index in [2.05, 4.69) is 15.2 Å². The van der Waals surface area contributed by atoms with Crippen LogP contribution in [0.15, 0.2) is 0 Å². The molecule has 1 aliphatic rings. The first kappa shape index (κ1) is 13.4. The van der Waals surface area contributed by atoms with Crippen LogP contribution < -0.4 is 0 Å². The number of hydrogen-bond acceptors (Lipinski definition) is 5. The van der Waals surface area contributed by atoms with Crippen LogP contribution in [0.25, 0.3) is 0 Å². The summed E-state index contributed by atoms with van der Waals surface area (Å²) in [4.78, 5) is 18.0. The molecule has 1 aliphatic heterocycles. The molecule has 100 valence electrons. The number of H-pyrrole nitrogens is 1. The van der Waals surface area contributed by atoms with Crippen molar-refractivity contribution in [2.45, 2.75) is 19.4 Å². The van der Waals surface area contributed by atoms with Crippen molar-refractivity contribution in [1.29, 1.82) is 0 Å². The van der Waals surface area contributed by atoms with Gasteiger partial charge in [-0.15, -0.1) is 0 Å². The fourth-order valence-corrected chi connectivity index (χ4v) is 2.29. The number of nitrogens with zero attached hydrogens (tertiary/aromatic N) is 3. The van der Waals surface area contributed by atoms with Gasteiger partial charge in [-0.3, -0.25) is 9.89 Å². The molecule has 1 N–H and O–H groups in total. The molecule has 18 heavy (non-hydrogen) atoms. The van der Waals surface area contributed by atoms with Crippen LogP contribution in [0.5, 0.6) is 0 Å². The van der Waals surface area contributed by atoms with Gasteiger partial charge < -0.3 is 9.64 Å². The number of carbonyl (C=O) groups is 1. The second-order valence-electron chi connectivity index (χ2n) is 4.13. The average Bonchev–Trinajstić information content (AvgIpc) is 2.88. The fourth-order valence-electron chi connectivity index (χ4n) is 1.86. The van der Waals surface area contributed by atoms with E-state index < -0.39 is 0 Å². The van der Waals surface area contributed by atoms with Crippen molar-refractivity contribution in [3.8, 4) is 0 Å². The molecule has 0 aliphatic carbocycles. The van der Waals surface area contributed by atoms with E-state index in [1.54, 1.807) is 0 Å². The molecule has 0 radical (unpaired) electrons. The van der Waals surface area contributed by atoms with Crippen molar-refractivity contribution in [3.63, 3.8) is 0 Å². The summed E-state index contributed by atoms with van der Waals surface area (Å²) in [5.74, 6) is 2.16. The number of rotatable bonds is 4. The molecule has 2 heterocycles. The molecule has 0 bridgehead atoms. The highest BCUT2D eigenvalue weighted by Gasteiger charge is 2.27. The van der Waals surface area contributed by atoms with E-state index >= 15 is 0 Å².